The average Bonchev–Trinajstić information content (AvgIpc) is 3.15. The zero-order valence-electron chi connectivity index (χ0n) is 9.98. The highest BCUT2D eigenvalue weighted by Gasteiger charge is 2.06. The summed E-state index contributed by atoms with van der Waals surface area (Å²) in [7, 11) is 0. The van der Waals surface area contributed by atoms with Crippen molar-refractivity contribution in [2.24, 2.45) is 0 Å². The molecule has 4 aromatic rings. The van der Waals surface area contributed by atoms with Crippen LogP contribution < -0.4 is 0 Å². The molecule has 0 aliphatic carbocycles. The molecule has 0 radical (unpaired) electrons. The number of aromatic nitrogens is 2. The van der Waals surface area contributed by atoms with Crippen molar-refractivity contribution in [2.75, 3.05) is 0 Å². The molecule has 3 heterocycles. The Balaban J connectivity index is 1.74. The monoisotopic (exact) mass is 266 g/mol. The second-order valence-corrected chi connectivity index (χ2v) is 5.15. The molecule has 3 aromatic heterocycles. The van der Waals surface area contributed by atoms with Crippen LogP contribution in [0.5, 0.6) is 0 Å². The molecule has 0 aliphatic heterocycles. The van der Waals surface area contributed by atoms with Crippen molar-refractivity contribution in [3.8, 4) is 22.6 Å². The van der Waals surface area contributed by atoms with E-state index in [0.29, 0.717) is 0 Å². The molecule has 3 nitrogen and oxygen atoms in total. The van der Waals surface area contributed by atoms with Gasteiger partial charge in [-0.1, -0.05) is 24.3 Å². The molecule has 19 heavy (non-hydrogen) atoms. The van der Waals surface area contributed by atoms with Crippen LogP contribution in [0.1, 0.15) is 0 Å². The highest BCUT2D eigenvalue weighted by molar-refractivity contribution is 7.15. The van der Waals surface area contributed by atoms with E-state index in [1.165, 1.54) is 0 Å². The first-order chi connectivity index (χ1) is 9.40. The maximum absolute atomic E-state index is 5.38. The predicted octanol–water partition coefficient (Wildman–Crippen LogP) is 4.32. The topological polar surface area (TPSA) is 30.4 Å². The van der Waals surface area contributed by atoms with Crippen molar-refractivity contribution in [1.82, 2.24) is 9.38 Å². The summed E-state index contributed by atoms with van der Waals surface area (Å²) in [5.41, 5.74) is 3.19. The Morgan fingerprint density at radius 1 is 1.05 bits per heavy atom. The molecular weight excluding hydrogens is 256 g/mol. The minimum absolute atomic E-state index is 0.886. The Morgan fingerprint density at radius 2 is 1.89 bits per heavy atom. The van der Waals surface area contributed by atoms with Gasteiger partial charge in [0.1, 0.15) is 5.76 Å². The third-order valence-corrected chi connectivity index (χ3v) is 3.85. The number of hydrogen-bond acceptors (Lipinski definition) is 3. The fourth-order valence-corrected chi connectivity index (χ4v) is 2.81. The van der Waals surface area contributed by atoms with Crippen molar-refractivity contribution >= 4 is 16.3 Å². The van der Waals surface area contributed by atoms with Crippen LogP contribution in [0, 0.1) is 0 Å². The van der Waals surface area contributed by atoms with Crippen LogP contribution in [0.25, 0.3) is 27.5 Å². The summed E-state index contributed by atoms with van der Waals surface area (Å²) < 4.78 is 7.42. The van der Waals surface area contributed by atoms with Crippen LogP contribution in [0.4, 0.5) is 0 Å². The van der Waals surface area contributed by atoms with Crippen LogP contribution in [-0.4, -0.2) is 9.38 Å². The first-order valence-corrected chi connectivity index (χ1v) is 6.85. The molecule has 0 saturated carbocycles. The van der Waals surface area contributed by atoms with Crippen molar-refractivity contribution in [1.29, 1.82) is 0 Å². The molecule has 0 unspecified atom stereocenters. The Morgan fingerprint density at radius 3 is 2.63 bits per heavy atom. The quantitative estimate of drug-likeness (QED) is 0.541. The summed E-state index contributed by atoms with van der Waals surface area (Å²) in [6.45, 7) is 0. The fourth-order valence-electron chi connectivity index (χ4n) is 2.11. The van der Waals surface area contributed by atoms with Gasteiger partial charge in [0.2, 0.25) is 0 Å². The molecule has 0 amide bonds. The van der Waals surface area contributed by atoms with Gasteiger partial charge in [0, 0.05) is 28.9 Å². The van der Waals surface area contributed by atoms with E-state index in [9.17, 15) is 0 Å². The van der Waals surface area contributed by atoms with Gasteiger partial charge in [0.25, 0.3) is 0 Å². The zero-order chi connectivity index (χ0) is 12.7. The van der Waals surface area contributed by atoms with Gasteiger partial charge in [-0.15, -0.1) is 11.3 Å². The molecule has 0 N–H and O–H groups in total. The lowest BCUT2D eigenvalue weighted by molar-refractivity contribution is 0.582. The number of thiazole rings is 1. The van der Waals surface area contributed by atoms with Gasteiger partial charge in [0.15, 0.2) is 4.96 Å². The van der Waals surface area contributed by atoms with Gasteiger partial charge in [-0.05, 0) is 12.1 Å². The fraction of sp³-hybridized carbons (Fsp3) is 0. The summed E-state index contributed by atoms with van der Waals surface area (Å²) in [6.07, 6.45) is 5.76. The SMILES string of the molecule is c1coc(-c2ccc(-c3cn4ccsc4n3)cc2)c1. The summed E-state index contributed by atoms with van der Waals surface area (Å²) in [4.78, 5) is 5.61. The Hall–Kier alpha value is -2.33. The van der Waals surface area contributed by atoms with Crippen LogP contribution in [0.2, 0.25) is 0 Å². The lowest BCUT2D eigenvalue weighted by Gasteiger charge is -1.99. The van der Waals surface area contributed by atoms with Crippen LogP contribution in [0.15, 0.2) is 64.9 Å². The van der Waals surface area contributed by atoms with Gasteiger partial charge in [0.05, 0.1) is 12.0 Å². The summed E-state index contributed by atoms with van der Waals surface area (Å²) >= 11 is 1.64. The van der Waals surface area contributed by atoms with E-state index in [1.54, 1.807) is 17.6 Å². The van der Waals surface area contributed by atoms with Crippen molar-refractivity contribution in [3.05, 3.63) is 60.4 Å². The van der Waals surface area contributed by atoms with Gasteiger partial charge >= 0.3 is 0 Å². The molecule has 0 atom stereocenters. The van der Waals surface area contributed by atoms with Crippen molar-refractivity contribution in [2.45, 2.75) is 0 Å². The van der Waals surface area contributed by atoms with Crippen LogP contribution >= 0.6 is 11.3 Å². The van der Waals surface area contributed by atoms with Gasteiger partial charge < -0.3 is 4.42 Å². The van der Waals surface area contributed by atoms with Gasteiger partial charge in [-0.3, -0.25) is 4.40 Å². The second-order valence-electron chi connectivity index (χ2n) is 4.27. The molecule has 4 heteroatoms. The van der Waals surface area contributed by atoms with E-state index in [4.69, 9.17) is 4.42 Å². The zero-order valence-corrected chi connectivity index (χ0v) is 10.8. The molecule has 0 bridgehead atoms. The molecule has 0 aliphatic rings. The van der Waals surface area contributed by atoms with Crippen molar-refractivity contribution in [3.63, 3.8) is 0 Å². The minimum Gasteiger partial charge on any atom is -0.464 e. The first-order valence-electron chi connectivity index (χ1n) is 5.97. The summed E-state index contributed by atoms with van der Waals surface area (Å²) in [5, 5.41) is 2.03. The molecule has 0 fully saturated rings. The van der Waals surface area contributed by atoms with Crippen LogP contribution in [0.3, 0.4) is 0 Å². The van der Waals surface area contributed by atoms with Gasteiger partial charge in [-0.25, -0.2) is 4.98 Å². The third-order valence-electron chi connectivity index (χ3n) is 3.08. The molecular formula is C15H10N2OS. The number of benzene rings is 1. The molecule has 0 spiro atoms. The molecule has 4 rings (SSSR count). The number of imidazole rings is 1. The largest absolute Gasteiger partial charge is 0.464 e. The normalized spacial score (nSPS) is 11.2. The Labute approximate surface area is 113 Å². The van der Waals surface area contributed by atoms with E-state index in [0.717, 1.165) is 27.5 Å². The highest BCUT2D eigenvalue weighted by atomic mass is 32.1. The summed E-state index contributed by atoms with van der Waals surface area (Å²) in [5.74, 6) is 0.886. The number of rotatable bonds is 2. The first kappa shape index (κ1) is 10.6. The van der Waals surface area contributed by atoms with E-state index in [-0.39, 0.29) is 0 Å². The standard InChI is InChI=1S/C15H10N2OS/c1-2-14(18-8-1)12-5-3-11(4-6-12)13-10-17-7-9-19-15(17)16-13/h1-10H. The van der Waals surface area contributed by atoms with E-state index in [1.807, 2.05) is 34.3 Å². The van der Waals surface area contributed by atoms with E-state index < -0.39 is 0 Å². The summed E-state index contributed by atoms with van der Waals surface area (Å²) in [6, 6.07) is 12.1. The highest BCUT2D eigenvalue weighted by Crippen LogP contribution is 2.25. The smallest absolute Gasteiger partial charge is 0.194 e. The number of furan rings is 1. The van der Waals surface area contributed by atoms with E-state index in [2.05, 4.69) is 29.2 Å². The molecule has 1 aromatic carbocycles. The maximum Gasteiger partial charge on any atom is 0.194 e. The third kappa shape index (κ3) is 1.77. The number of nitrogens with zero attached hydrogens (tertiary/aromatic N) is 2. The lowest BCUT2D eigenvalue weighted by Crippen LogP contribution is -1.78. The number of hydrogen-bond donors (Lipinski definition) is 0. The average molecular weight is 266 g/mol. The minimum atomic E-state index is 0.886. The van der Waals surface area contributed by atoms with E-state index >= 15 is 0 Å². The Bertz CT molecular complexity index is 781. The Kier molecular flexibility index (Phi) is 2.28. The van der Waals surface area contributed by atoms with Crippen molar-refractivity contribution < 1.29 is 4.42 Å². The van der Waals surface area contributed by atoms with Gasteiger partial charge in [-0.2, -0.15) is 0 Å². The molecule has 92 valence electrons. The predicted molar refractivity (Wildman–Crippen MR) is 76.2 cm³/mol. The molecule has 0 saturated heterocycles. The van der Waals surface area contributed by atoms with Crippen LogP contribution in [-0.2, 0) is 0 Å². The maximum atomic E-state index is 5.38. The number of fused-ring (bicyclic) bond motifs is 1. The lowest BCUT2D eigenvalue weighted by atomic mass is 10.1. The second kappa shape index (κ2) is 4.10.